The second-order valence-electron chi connectivity index (χ2n) is 6.90. The lowest BCUT2D eigenvalue weighted by atomic mass is 9.79. The summed E-state index contributed by atoms with van der Waals surface area (Å²) in [4.78, 5) is 13.7. The van der Waals surface area contributed by atoms with Gasteiger partial charge in [-0.3, -0.25) is 4.79 Å². The van der Waals surface area contributed by atoms with Crippen LogP contribution in [-0.4, -0.2) is 63.8 Å². The van der Waals surface area contributed by atoms with Crippen molar-refractivity contribution >= 4 is 5.91 Å². The van der Waals surface area contributed by atoms with E-state index >= 15 is 0 Å². The first kappa shape index (κ1) is 16.7. The van der Waals surface area contributed by atoms with Crippen molar-refractivity contribution in [1.29, 1.82) is 0 Å². The summed E-state index contributed by atoms with van der Waals surface area (Å²) in [6.45, 7) is 7.23. The maximum absolute atomic E-state index is 11.3. The van der Waals surface area contributed by atoms with Gasteiger partial charge in [-0.1, -0.05) is 6.92 Å². The van der Waals surface area contributed by atoms with Gasteiger partial charge in [-0.2, -0.15) is 0 Å². The van der Waals surface area contributed by atoms with Gasteiger partial charge in [-0.15, -0.1) is 0 Å². The van der Waals surface area contributed by atoms with Crippen LogP contribution >= 0.6 is 0 Å². The Morgan fingerprint density at radius 2 is 2.05 bits per heavy atom. The van der Waals surface area contributed by atoms with Crippen LogP contribution in [0.25, 0.3) is 0 Å². The predicted molar refractivity (Wildman–Crippen MR) is 84.2 cm³/mol. The number of nitrogens with one attached hydrogen (secondary N) is 2. The Labute approximate surface area is 128 Å². The molecule has 0 bridgehead atoms. The van der Waals surface area contributed by atoms with Crippen molar-refractivity contribution in [3.8, 4) is 0 Å². The molecule has 0 aromatic rings. The fourth-order valence-corrected chi connectivity index (χ4v) is 3.27. The molecule has 5 nitrogen and oxygen atoms in total. The molecule has 0 aromatic heterocycles. The van der Waals surface area contributed by atoms with Crippen LogP contribution in [0, 0.1) is 11.3 Å². The van der Waals surface area contributed by atoms with Crippen LogP contribution in [0.4, 0.5) is 0 Å². The van der Waals surface area contributed by atoms with Crippen LogP contribution in [0.15, 0.2) is 0 Å². The first-order valence-corrected chi connectivity index (χ1v) is 8.24. The van der Waals surface area contributed by atoms with Crippen molar-refractivity contribution in [3.05, 3.63) is 0 Å². The number of carbonyl (C=O) groups excluding carboxylic acids is 1. The minimum absolute atomic E-state index is 0.133. The van der Waals surface area contributed by atoms with Crippen LogP contribution < -0.4 is 10.6 Å². The van der Waals surface area contributed by atoms with E-state index in [2.05, 4.69) is 22.5 Å². The van der Waals surface area contributed by atoms with E-state index < -0.39 is 0 Å². The van der Waals surface area contributed by atoms with E-state index in [0.29, 0.717) is 6.42 Å². The van der Waals surface area contributed by atoms with Gasteiger partial charge in [0.15, 0.2) is 0 Å². The lowest BCUT2D eigenvalue weighted by Gasteiger charge is -2.41. The Hall–Kier alpha value is -0.650. The number of nitrogens with zero attached hydrogens (tertiary/aromatic N) is 1. The average Bonchev–Trinajstić information content (AvgIpc) is 3.20. The standard InChI is InChI=1S/C16H31N3O2/c1-13-10-14(13)18-11-16(12-21-3)5-8-19(9-6-16)7-4-15(20)17-2/h13-14,18H,4-12H2,1-3H3,(H,17,20)/t13-,14-/m1/s1. The molecule has 122 valence electrons. The van der Waals surface area contributed by atoms with Crippen molar-refractivity contribution in [2.75, 3.05) is 46.9 Å². The third-order valence-electron chi connectivity index (χ3n) is 5.15. The summed E-state index contributed by atoms with van der Waals surface area (Å²) in [5, 5.41) is 6.40. The summed E-state index contributed by atoms with van der Waals surface area (Å²) in [5.41, 5.74) is 0.278. The van der Waals surface area contributed by atoms with E-state index in [1.165, 1.54) is 6.42 Å². The highest BCUT2D eigenvalue weighted by Crippen LogP contribution is 2.34. The fourth-order valence-electron chi connectivity index (χ4n) is 3.27. The molecule has 0 aromatic carbocycles. The zero-order valence-electron chi connectivity index (χ0n) is 13.8. The number of carbonyl (C=O) groups is 1. The van der Waals surface area contributed by atoms with E-state index in [1.54, 1.807) is 14.2 Å². The first-order valence-electron chi connectivity index (χ1n) is 8.24. The van der Waals surface area contributed by atoms with E-state index in [0.717, 1.165) is 57.6 Å². The van der Waals surface area contributed by atoms with Gasteiger partial charge >= 0.3 is 0 Å². The molecule has 1 heterocycles. The van der Waals surface area contributed by atoms with E-state index in [9.17, 15) is 4.79 Å². The lowest BCUT2D eigenvalue weighted by Crippen LogP contribution is -2.48. The fraction of sp³-hybridized carbons (Fsp3) is 0.938. The number of piperidine rings is 1. The molecule has 2 rings (SSSR count). The second-order valence-corrected chi connectivity index (χ2v) is 6.90. The zero-order valence-corrected chi connectivity index (χ0v) is 13.8. The van der Waals surface area contributed by atoms with Gasteiger partial charge in [-0.25, -0.2) is 0 Å². The minimum Gasteiger partial charge on any atom is -0.384 e. The summed E-state index contributed by atoms with van der Waals surface area (Å²) < 4.78 is 5.49. The maximum atomic E-state index is 11.3. The van der Waals surface area contributed by atoms with Gasteiger partial charge in [-0.05, 0) is 38.3 Å². The van der Waals surface area contributed by atoms with Gasteiger partial charge < -0.3 is 20.3 Å². The highest BCUT2D eigenvalue weighted by molar-refractivity contribution is 5.75. The molecular formula is C16H31N3O2. The summed E-state index contributed by atoms with van der Waals surface area (Å²) in [5.74, 6) is 0.977. The molecule has 2 N–H and O–H groups in total. The molecule has 21 heavy (non-hydrogen) atoms. The van der Waals surface area contributed by atoms with Crippen molar-refractivity contribution < 1.29 is 9.53 Å². The molecule has 0 radical (unpaired) electrons. The number of hydrogen-bond donors (Lipinski definition) is 2. The van der Waals surface area contributed by atoms with Crippen molar-refractivity contribution in [2.45, 2.75) is 38.6 Å². The summed E-state index contributed by atoms with van der Waals surface area (Å²) in [6.07, 6.45) is 4.23. The third-order valence-corrected chi connectivity index (χ3v) is 5.15. The van der Waals surface area contributed by atoms with E-state index in [1.807, 2.05) is 0 Å². The molecule has 1 amide bonds. The summed E-state index contributed by atoms with van der Waals surface area (Å²) in [6, 6.07) is 0.727. The van der Waals surface area contributed by atoms with Crippen LogP contribution in [0.3, 0.4) is 0 Å². The molecule has 2 fully saturated rings. The molecule has 0 spiro atoms. The lowest BCUT2D eigenvalue weighted by molar-refractivity contribution is -0.121. The Morgan fingerprint density at radius 3 is 2.57 bits per heavy atom. The van der Waals surface area contributed by atoms with Crippen LogP contribution in [0.5, 0.6) is 0 Å². The van der Waals surface area contributed by atoms with Crippen molar-refractivity contribution in [1.82, 2.24) is 15.5 Å². The molecule has 0 unspecified atom stereocenters. The summed E-state index contributed by atoms with van der Waals surface area (Å²) in [7, 11) is 3.51. The molecule has 1 saturated heterocycles. The molecular weight excluding hydrogens is 266 g/mol. The first-order chi connectivity index (χ1) is 10.1. The smallest absolute Gasteiger partial charge is 0.221 e. The van der Waals surface area contributed by atoms with Gasteiger partial charge in [0.1, 0.15) is 0 Å². The van der Waals surface area contributed by atoms with Crippen LogP contribution in [0.1, 0.15) is 32.6 Å². The molecule has 1 aliphatic carbocycles. The highest BCUT2D eigenvalue weighted by atomic mass is 16.5. The molecule has 1 aliphatic heterocycles. The van der Waals surface area contributed by atoms with E-state index in [4.69, 9.17) is 4.74 Å². The van der Waals surface area contributed by atoms with Gasteiger partial charge in [0.25, 0.3) is 0 Å². The molecule has 2 aliphatic rings. The topological polar surface area (TPSA) is 53.6 Å². The zero-order chi connectivity index (χ0) is 15.3. The number of rotatable bonds is 8. The Morgan fingerprint density at radius 1 is 1.38 bits per heavy atom. The molecule has 1 saturated carbocycles. The Kier molecular flexibility index (Phi) is 6.02. The number of amides is 1. The minimum atomic E-state index is 0.133. The quantitative estimate of drug-likeness (QED) is 0.697. The number of ether oxygens (including phenoxy) is 1. The van der Waals surface area contributed by atoms with Crippen LogP contribution in [-0.2, 0) is 9.53 Å². The molecule has 5 heteroatoms. The third kappa shape index (κ3) is 4.94. The average molecular weight is 297 g/mol. The second kappa shape index (κ2) is 7.56. The van der Waals surface area contributed by atoms with Crippen molar-refractivity contribution in [3.63, 3.8) is 0 Å². The largest absolute Gasteiger partial charge is 0.384 e. The van der Waals surface area contributed by atoms with Gasteiger partial charge in [0.2, 0.25) is 5.91 Å². The molecule has 2 atom stereocenters. The highest BCUT2D eigenvalue weighted by Gasteiger charge is 2.38. The number of methoxy groups -OCH3 is 1. The van der Waals surface area contributed by atoms with Crippen LogP contribution in [0.2, 0.25) is 0 Å². The number of likely N-dealkylation sites (tertiary alicyclic amines) is 1. The predicted octanol–water partition coefficient (Wildman–Crippen LogP) is 0.849. The van der Waals surface area contributed by atoms with E-state index in [-0.39, 0.29) is 11.3 Å². The Bertz CT molecular complexity index is 340. The normalized spacial score (nSPS) is 28.3. The Balaban J connectivity index is 1.75. The maximum Gasteiger partial charge on any atom is 0.221 e. The van der Waals surface area contributed by atoms with Gasteiger partial charge in [0, 0.05) is 45.1 Å². The summed E-state index contributed by atoms with van der Waals surface area (Å²) >= 11 is 0. The SMILES string of the molecule is CNC(=O)CCN1CCC(CN[C@@H]2C[C@H]2C)(COC)CC1. The number of hydrogen-bond acceptors (Lipinski definition) is 4. The monoisotopic (exact) mass is 297 g/mol. The van der Waals surface area contributed by atoms with Gasteiger partial charge in [0.05, 0.1) is 6.61 Å². The van der Waals surface area contributed by atoms with Crippen molar-refractivity contribution in [2.24, 2.45) is 11.3 Å².